The average Bonchev–Trinajstić information content (AvgIpc) is 3.11. The molecule has 2 N–H and O–H groups in total. The van der Waals surface area contributed by atoms with Crippen LogP contribution < -0.4 is 10.6 Å². The Morgan fingerprint density at radius 2 is 1.72 bits per heavy atom. The van der Waals surface area contributed by atoms with Crippen LogP contribution in [0, 0.1) is 0 Å². The maximum Gasteiger partial charge on any atom is 0.266 e. The first-order chi connectivity index (χ1) is 11.9. The van der Waals surface area contributed by atoms with E-state index in [9.17, 15) is 4.79 Å². The van der Waals surface area contributed by atoms with Crippen LogP contribution in [0.5, 0.6) is 0 Å². The molecule has 5 heteroatoms. The van der Waals surface area contributed by atoms with E-state index in [1.54, 1.807) is 18.3 Å². The van der Waals surface area contributed by atoms with Crippen molar-refractivity contribution in [3.63, 3.8) is 0 Å². The molecule has 1 aromatic carbocycles. The lowest BCUT2D eigenvalue weighted by molar-refractivity contribution is 0.103. The highest BCUT2D eigenvalue weighted by Gasteiger charge is 2.12. The zero-order chi connectivity index (χ0) is 17.9. The zero-order valence-electron chi connectivity index (χ0n) is 14.5. The second-order valence-corrected chi connectivity index (χ2v) is 7.76. The molecule has 4 nitrogen and oxygen atoms in total. The van der Waals surface area contributed by atoms with Crippen molar-refractivity contribution >= 4 is 34.4 Å². The predicted octanol–water partition coefficient (Wildman–Crippen LogP) is 5.44. The van der Waals surface area contributed by atoms with E-state index in [4.69, 9.17) is 0 Å². The number of anilines is 3. The third-order valence-corrected chi connectivity index (χ3v) is 4.66. The Morgan fingerprint density at radius 1 is 1.00 bits per heavy atom. The Morgan fingerprint density at radius 3 is 2.28 bits per heavy atom. The zero-order valence-corrected chi connectivity index (χ0v) is 15.4. The molecule has 0 unspecified atom stereocenters. The number of carbonyl (C=O) groups is 1. The van der Waals surface area contributed by atoms with Crippen LogP contribution in [-0.2, 0) is 5.41 Å². The predicted molar refractivity (Wildman–Crippen MR) is 105 cm³/mol. The van der Waals surface area contributed by atoms with Crippen LogP contribution in [0.15, 0.2) is 60.1 Å². The number of carbonyl (C=O) groups excluding carboxylic acids is 1. The lowest BCUT2D eigenvalue weighted by Crippen LogP contribution is -2.11. The van der Waals surface area contributed by atoms with Gasteiger partial charge in [-0.3, -0.25) is 4.79 Å². The van der Waals surface area contributed by atoms with E-state index in [2.05, 4.69) is 60.7 Å². The molecule has 2 heterocycles. The molecule has 0 radical (unpaired) electrons. The Hall–Kier alpha value is -2.66. The van der Waals surface area contributed by atoms with Gasteiger partial charge in [0.25, 0.3) is 5.91 Å². The van der Waals surface area contributed by atoms with Crippen LogP contribution in [0.25, 0.3) is 0 Å². The highest BCUT2D eigenvalue weighted by molar-refractivity contribution is 7.12. The third-order valence-electron chi connectivity index (χ3n) is 3.79. The summed E-state index contributed by atoms with van der Waals surface area (Å²) in [5.74, 6) is 0.396. The smallest absolute Gasteiger partial charge is 0.266 e. The third kappa shape index (κ3) is 4.45. The van der Waals surface area contributed by atoms with Gasteiger partial charge in [-0.05, 0) is 46.7 Å². The van der Waals surface area contributed by atoms with Crippen molar-refractivity contribution in [2.45, 2.75) is 26.2 Å². The largest absolute Gasteiger partial charge is 0.354 e. The minimum atomic E-state index is -0.138. The molecule has 0 atom stereocenters. The number of aromatic nitrogens is 1. The molecule has 0 aliphatic heterocycles. The summed E-state index contributed by atoms with van der Waals surface area (Å²) in [5.41, 5.74) is 3.31. The van der Waals surface area contributed by atoms with E-state index in [1.165, 1.54) is 16.9 Å². The summed E-state index contributed by atoms with van der Waals surface area (Å²) < 4.78 is 0. The second-order valence-electron chi connectivity index (χ2n) is 6.82. The Kier molecular flexibility index (Phi) is 4.86. The molecule has 0 aliphatic rings. The summed E-state index contributed by atoms with van der Waals surface area (Å²) in [6.45, 7) is 6.59. The molecule has 3 aromatic rings. The lowest BCUT2D eigenvalue weighted by Gasteiger charge is -2.19. The van der Waals surface area contributed by atoms with E-state index >= 15 is 0 Å². The first-order valence-electron chi connectivity index (χ1n) is 8.10. The molecule has 25 heavy (non-hydrogen) atoms. The number of hydrogen-bond donors (Lipinski definition) is 2. The normalized spacial score (nSPS) is 11.2. The molecule has 0 aliphatic carbocycles. The van der Waals surface area contributed by atoms with Crippen LogP contribution in [0.1, 0.15) is 36.0 Å². The maximum absolute atomic E-state index is 12.0. The summed E-state index contributed by atoms with van der Waals surface area (Å²) >= 11 is 1.41. The number of nitrogens with one attached hydrogen (secondary N) is 2. The number of nitrogens with zero attached hydrogens (tertiary/aromatic N) is 1. The van der Waals surface area contributed by atoms with Crippen LogP contribution in [-0.4, -0.2) is 10.9 Å². The lowest BCUT2D eigenvalue weighted by atomic mass is 9.87. The standard InChI is InChI=1S/C20H21N3OS/c1-20(2,3)14-6-8-15(9-7-14)22-16-10-11-18(21-13-16)23-19(24)17-5-4-12-25-17/h4-13,22H,1-3H3,(H,21,23,24). The van der Waals surface area contributed by atoms with Gasteiger partial charge < -0.3 is 10.6 Å². The summed E-state index contributed by atoms with van der Waals surface area (Å²) in [5, 5.41) is 7.98. The Bertz CT molecular complexity index is 832. The minimum Gasteiger partial charge on any atom is -0.354 e. The van der Waals surface area contributed by atoms with Gasteiger partial charge in [0.2, 0.25) is 0 Å². The highest BCUT2D eigenvalue weighted by atomic mass is 32.1. The molecule has 2 aromatic heterocycles. The summed E-state index contributed by atoms with van der Waals surface area (Å²) in [7, 11) is 0. The molecule has 0 fully saturated rings. The van der Waals surface area contributed by atoms with Crippen molar-refractivity contribution in [2.75, 3.05) is 10.6 Å². The van der Waals surface area contributed by atoms with Crippen molar-refractivity contribution in [1.29, 1.82) is 0 Å². The van der Waals surface area contributed by atoms with Gasteiger partial charge in [-0.25, -0.2) is 4.98 Å². The highest BCUT2D eigenvalue weighted by Crippen LogP contribution is 2.25. The maximum atomic E-state index is 12.0. The van der Waals surface area contributed by atoms with E-state index in [1.807, 2.05) is 17.5 Å². The topological polar surface area (TPSA) is 54.0 Å². The van der Waals surface area contributed by atoms with Gasteiger partial charge in [-0.2, -0.15) is 0 Å². The van der Waals surface area contributed by atoms with Crippen molar-refractivity contribution in [1.82, 2.24) is 4.98 Å². The van der Waals surface area contributed by atoms with Crippen LogP contribution in [0.2, 0.25) is 0 Å². The molecule has 128 valence electrons. The van der Waals surface area contributed by atoms with Gasteiger partial charge in [-0.1, -0.05) is 39.0 Å². The molecule has 0 saturated carbocycles. The van der Waals surface area contributed by atoms with Gasteiger partial charge in [0.15, 0.2) is 0 Å². The second kappa shape index (κ2) is 7.07. The van der Waals surface area contributed by atoms with Crippen LogP contribution in [0.3, 0.4) is 0 Å². The van der Waals surface area contributed by atoms with Crippen molar-refractivity contribution in [3.05, 3.63) is 70.5 Å². The molecular weight excluding hydrogens is 330 g/mol. The number of rotatable bonds is 4. The van der Waals surface area contributed by atoms with E-state index in [0.29, 0.717) is 10.7 Å². The van der Waals surface area contributed by atoms with Crippen LogP contribution in [0.4, 0.5) is 17.2 Å². The number of thiophene rings is 1. The van der Waals surface area contributed by atoms with Gasteiger partial charge >= 0.3 is 0 Å². The van der Waals surface area contributed by atoms with Gasteiger partial charge in [0.1, 0.15) is 5.82 Å². The van der Waals surface area contributed by atoms with Crippen molar-refractivity contribution in [2.24, 2.45) is 0 Å². The summed E-state index contributed by atoms with van der Waals surface area (Å²) in [6, 6.07) is 15.7. The number of amides is 1. The van der Waals surface area contributed by atoms with E-state index in [-0.39, 0.29) is 11.3 Å². The molecular formula is C20H21N3OS. The molecule has 0 spiro atoms. The fourth-order valence-electron chi connectivity index (χ4n) is 2.35. The first kappa shape index (κ1) is 17.2. The quantitative estimate of drug-likeness (QED) is 0.658. The van der Waals surface area contributed by atoms with E-state index < -0.39 is 0 Å². The molecule has 1 amide bonds. The number of pyridine rings is 1. The van der Waals surface area contributed by atoms with Gasteiger partial charge in [0.05, 0.1) is 16.8 Å². The van der Waals surface area contributed by atoms with Crippen molar-refractivity contribution in [3.8, 4) is 0 Å². The van der Waals surface area contributed by atoms with E-state index in [0.717, 1.165) is 11.4 Å². The minimum absolute atomic E-state index is 0.138. The molecule has 3 rings (SSSR count). The van der Waals surface area contributed by atoms with Gasteiger partial charge in [-0.15, -0.1) is 11.3 Å². The van der Waals surface area contributed by atoms with Crippen LogP contribution >= 0.6 is 11.3 Å². The Labute approximate surface area is 151 Å². The Balaban J connectivity index is 1.63. The van der Waals surface area contributed by atoms with Gasteiger partial charge in [0, 0.05) is 5.69 Å². The first-order valence-corrected chi connectivity index (χ1v) is 8.98. The fraction of sp³-hybridized carbons (Fsp3) is 0.200. The fourth-order valence-corrected chi connectivity index (χ4v) is 2.97. The molecule has 0 saturated heterocycles. The number of hydrogen-bond acceptors (Lipinski definition) is 4. The number of benzene rings is 1. The van der Waals surface area contributed by atoms with Crippen molar-refractivity contribution < 1.29 is 4.79 Å². The average molecular weight is 351 g/mol. The summed E-state index contributed by atoms with van der Waals surface area (Å²) in [6.07, 6.45) is 1.71. The summed E-state index contributed by atoms with van der Waals surface area (Å²) in [4.78, 5) is 17.0. The molecule has 0 bridgehead atoms. The SMILES string of the molecule is CC(C)(C)c1ccc(Nc2ccc(NC(=O)c3cccs3)nc2)cc1. The monoisotopic (exact) mass is 351 g/mol.